The molecule has 0 radical (unpaired) electrons. The van der Waals surface area contributed by atoms with Crippen LogP contribution in [-0.4, -0.2) is 82.6 Å². The third kappa shape index (κ3) is 6.71. The Labute approximate surface area is 276 Å². The van der Waals surface area contributed by atoms with E-state index in [1.54, 1.807) is 42.7 Å². The lowest BCUT2D eigenvalue weighted by Crippen LogP contribution is -2.55. The summed E-state index contributed by atoms with van der Waals surface area (Å²) < 4.78 is 15.7. The first kappa shape index (κ1) is 30.9. The van der Waals surface area contributed by atoms with Crippen LogP contribution in [0.4, 0.5) is 4.39 Å². The van der Waals surface area contributed by atoms with Gasteiger partial charge in [-0.3, -0.25) is 14.7 Å². The lowest BCUT2D eigenvalue weighted by Gasteiger charge is -2.48. The molecule has 3 N–H and O–H groups in total. The highest BCUT2D eigenvalue weighted by Gasteiger charge is 2.43. The number of carbonyl (C=O) groups excluding carboxylic acids is 1. The topological polar surface area (TPSA) is 135 Å². The first-order valence-corrected chi connectivity index (χ1v) is 16.0. The second-order valence-corrected chi connectivity index (χ2v) is 12.5. The van der Waals surface area contributed by atoms with Gasteiger partial charge in [0.05, 0.1) is 17.4 Å². The highest BCUT2D eigenvalue weighted by Crippen LogP contribution is 2.44. The minimum Gasteiger partial charge on any atom is -0.346 e. The van der Waals surface area contributed by atoms with Crippen molar-refractivity contribution in [2.75, 3.05) is 19.6 Å². The van der Waals surface area contributed by atoms with E-state index in [1.807, 2.05) is 35.4 Å². The quantitative estimate of drug-likeness (QED) is 0.240. The summed E-state index contributed by atoms with van der Waals surface area (Å²) in [6, 6.07) is 15.5. The number of imidazole rings is 1. The molecule has 0 spiro atoms. The van der Waals surface area contributed by atoms with Gasteiger partial charge >= 0.3 is 0 Å². The van der Waals surface area contributed by atoms with E-state index in [0.717, 1.165) is 49.2 Å². The Hall–Kier alpha value is -4.78. The van der Waals surface area contributed by atoms with E-state index in [-0.39, 0.29) is 29.7 Å². The molecule has 2 aromatic carbocycles. The SMILES string of the molecule is NC1CCN(C2CC(c3ccc(F)cc3)C(c3nc(-c4cccnc4)c[nH]3)N(C(=O)C=Cc3cc(Cl)ccc3-n3cnnn3)C2)CC1. The van der Waals surface area contributed by atoms with Gasteiger partial charge in [0.2, 0.25) is 5.91 Å². The third-order valence-electron chi connectivity index (χ3n) is 9.15. The molecule has 2 aliphatic rings. The van der Waals surface area contributed by atoms with Crippen molar-refractivity contribution >= 4 is 23.6 Å². The van der Waals surface area contributed by atoms with Crippen LogP contribution in [0.1, 0.15) is 48.2 Å². The van der Waals surface area contributed by atoms with Crippen molar-refractivity contribution in [1.29, 1.82) is 0 Å². The zero-order chi connectivity index (χ0) is 32.3. The van der Waals surface area contributed by atoms with Gasteiger partial charge in [-0.2, -0.15) is 4.68 Å². The highest BCUT2D eigenvalue weighted by atomic mass is 35.5. The highest BCUT2D eigenvalue weighted by molar-refractivity contribution is 6.30. The number of tetrazole rings is 1. The van der Waals surface area contributed by atoms with Crippen LogP contribution in [0.5, 0.6) is 0 Å². The number of aromatic amines is 1. The number of nitrogens with two attached hydrogens (primary N) is 1. The van der Waals surface area contributed by atoms with Gasteiger partial charge in [0.1, 0.15) is 18.0 Å². The molecule has 2 aliphatic heterocycles. The van der Waals surface area contributed by atoms with E-state index >= 15 is 0 Å². The van der Waals surface area contributed by atoms with Crippen LogP contribution in [0.2, 0.25) is 5.02 Å². The number of likely N-dealkylation sites (tertiary alicyclic amines) is 2. The van der Waals surface area contributed by atoms with Gasteiger partial charge in [-0.05, 0) is 96.9 Å². The van der Waals surface area contributed by atoms with Crippen LogP contribution >= 0.6 is 11.6 Å². The van der Waals surface area contributed by atoms with E-state index in [0.29, 0.717) is 28.6 Å². The molecule has 7 rings (SSSR count). The van der Waals surface area contributed by atoms with E-state index in [4.69, 9.17) is 22.3 Å². The van der Waals surface area contributed by atoms with Crippen molar-refractivity contribution in [3.05, 3.63) is 113 Å². The van der Waals surface area contributed by atoms with Crippen LogP contribution < -0.4 is 5.73 Å². The van der Waals surface area contributed by atoms with Crippen LogP contribution in [0.15, 0.2) is 85.6 Å². The van der Waals surface area contributed by atoms with Crippen molar-refractivity contribution in [1.82, 2.24) is 45.0 Å². The molecule has 0 saturated carbocycles. The average Bonchev–Trinajstić information content (AvgIpc) is 3.81. The molecule has 2 fully saturated rings. The molecular formula is C34H34ClFN10O. The van der Waals surface area contributed by atoms with Gasteiger partial charge in [0.25, 0.3) is 0 Å². The summed E-state index contributed by atoms with van der Waals surface area (Å²) in [4.78, 5) is 31.4. The van der Waals surface area contributed by atoms with Crippen molar-refractivity contribution in [2.45, 2.75) is 43.3 Å². The summed E-state index contributed by atoms with van der Waals surface area (Å²) in [5.41, 5.74) is 10.1. The maximum atomic E-state index is 14.4. The van der Waals surface area contributed by atoms with E-state index < -0.39 is 6.04 Å². The fraction of sp³-hybridized carbons (Fsp3) is 0.294. The van der Waals surface area contributed by atoms with Gasteiger partial charge in [-0.25, -0.2) is 9.37 Å². The van der Waals surface area contributed by atoms with Gasteiger partial charge in [-0.1, -0.05) is 23.7 Å². The molecule has 47 heavy (non-hydrogen) atoms. The molecule has 3 atom stereocenters. The van der Waals surface area contributed by atoms with E-state index in [1.165, 1.54) is 23.1 Å². The summed E-state index contributed by atoms with van der Waals surface area (Å²) in [6.45, 7) is 2.20. The number of piperidine rings is 2. The summed E-state index contributed by atoms with van der Waals surface area (Å²) in [6.07, 6.45) is 12.7. The molecule has 5 aromatic rings. The number of nitrogens with zero attached hydrogens (tertiary/aromatic N) is 8. The number of pyridine rings is 1. The largest absolute Gasteiger partial charge is 0.346 e. The number of nitrogens with one attached hydrogen (secondary N) is 1. The molecule has 11 nitrogen and oxygen atoms in total. The number of halogens is 2. The average molecular weight is 653 g/mol. The molecule has 0 aliphatic carbocycles. The Balaban J connectivity index is 1.29. The first-order valence-electron chi connectivity index (χ1n) is 15.7. The number of carbonyl (C=O) groups is 1. The third-order valence-corrected chi connectivity index (χ3v) is 9.38. The number of H-pyrrole nitrogens is 1. The summed E-state index contributed by atoms with van der Waals surface area (Å²) >= 11 is 6.36. The maximum Gasteiger partial charge on any atom is 0.247 e. The van der Waals surface area contributed by atoms with Gasteiger partial charge < -0.3 is 15.6 Å². The fourth-order valence-electron chi connectivity index (χ4n) is 6.74. The normalized spacial score (nSPS) is 21.0. The second-order valence-electron chi connectivity index (χ2n) is 12.1. The standard InChI is InChI=1S/C34H34ClFN10O/c35-25-6-9-31(46-21-40-42-43-46)23(16-25)5-10-32(47)45-20-28(44-14-11-27(37)12-15-44)17-29(22-3-7-26(36)8-4-22)33(45)34-39-19-30(41-34)24-2-1-13-38-18-24/h1-10,13,16,18-19,21,27-29,33H,11-12,14-15,17,20,37H2,(H,39,41). The molecule has 13 heteroatoms. The fourth-order valence-corrected chi connectivity index (χ4v) is 6.92. The van der Waals surface area contributed by atoms with Crippen molar-refractivity contribution in [3.8, 4) is 16.9 Å². The summed E-state index contributed by atoms with van der Waals surface area (Å²) in [7, 11) is 0. The van der Waals surface area contributed by atoms with Crippen molar-refractivity contribution < 1.29 is 9.18 Å². The number of rotatable bonds is 7. The molecule has 3 aromatic heterocycles. The van der Waals surface area contributed by atoms with Crippen LogP contribution in [0.25, 0.3) is 23.0 Å². The molecule has 3 unspecified atom stereocenters. The number of benzene rings is 2. The van der Waals surface area contributed by atoms with Crippen LogP contribution in [0, 0.1) is 5.82 Å². The monoisotopic (exact) mass is 652 g/mol. The van der Waals surface area contributed by atoms with Gasteiger partial charge in [0.15, 0.2) is 0 Å². The molecule has 5 heterocycles. The van der Waals surface area contributed by atoms with Crippen LogP contribution in [-0.2, 0) is 4.79 Å². The second kappa shape index (κ2) is 13.5. The minimum atomic E-state index is -0.454. The zero-order valence-corrected chi connectivity index (χ0v) is 26.3. The zero-order valence-electron chi connectivity index (χ0n) is 25.5. The summed E-state index contributed by atoms with van der Waals surface area (Å²) in [5, 5.41) is 12.0. The Morgan fingerprint density at radius 2 is 1.94 bits per heavy atom. The first-order chi connectivity index (χ1) is 22.9. The molecule has 240 valence electrons. The molecule has 2 saturated heterocycles. The number of amides is 1. The number of hydrogen-bond donors (Lipinski definition) is 2. The minimum absolute atomic E-state index is 0.0712. The van der Waals surface area contributed by atoms with Gasteiger partial charge in [0, 0.05) is 65.4 Å². The van der Waals surface area contributed by atoms with Crippen molar-refractivity contribution in [2.24, 2.45) is 5.73 Å². The molecule has 1 amide bonds. The summed E-state index contributed by atoms with van der Waals surface area (Å²) in [5.74, 6) is -0.0212. The van der Waals surface area contributed by atoms with E-state index in [2.05, 4.69) is 30.4 Å². The molecule has 0 bridgehead atoms. The lowest BCUT2D eigenvalue weighted by atomic mass is 9.80. The Kier molecular flexibility index (Phi) is 8.88. The Morgan fingerprint density at radius 1 is 1.11 bits per heavy atom. The number of hydrogen-bond acceptors (Lipinski definition) is 8. The van der Waals surface area contributed by atoms with Crippen LogP contribution in [0.3, 0.4) is 0 Å². The predicted octanol–water partition coefficient (Wildman–Crippen LogP) is 4.80. The molecular weight excluding hydrogens is 619 g/mol. The Bertz CT molecular complexity index is 1840. The van der Waals surface area contributed by atoms with Gasteiger partial charge in [-0.15, -0.1) is 5.10 Å². The maximum absolute atomic E-state index is 14.4. The Morgan fingerprint density at radius 3 is 2.68 bits per heavy atom. The van der Waals surface area contributed by atoms with Crippen molar-refractivity contribution in [3.63, 3.8) is 0 Å². The smallest absolute Gasteiger partial charge is 0.247 e. The number of aromatic nitrogens is 7. The van der Waals surface area contributed by atoms with E-state index in [9.17, 15) is 9.18 Å². The predicted molar refractivity (Wildman–Crippen MR) is 176 cm³/mol. The lowest BCUT2D eigenvalue weighted by molar-refractivity contribution is -0.132.